The van der Waals surface area contributed by atoms with Crippen LogP contribution in [0.25, 0.3) is 0 Å². The van der Waals surface area contributed by atoms with Crippen molar-refractivity contribution in [3.8, 4) is 0 Å². The fraction of sp³-hybridized carbons (Fsp3) is 1.00. The average molecular weight is 159 g/mol. The molecule has 3 nitrogen and oxygen atoms in total. The van der Waals surface area contributed by atoms with Crippen LogP contribution >= 0.6 is 23.2 Å². The van der Waals surface area contributed by atoms with Gasteiger partial charge in [-0.2, -0.15) is 9.78 Å². The second-order valence-corrected chi connectivity index (χ2v) is 2.45. The van der Waals surface area contributed by atoms with E-state index in [2.05, 4.69) is 14.5 Å². The van der Waals surface area contributed by atoms with E-state index in [1.165, 1.54) is 6.92 Å². The second-order valence-electron chi connectivity index (χ2n) is 1.41. The van der Waals surface area contributed by atoms with Crippen molar-refractivity contribution in [1.29, 1.82) is 0 Å². The van der Waals surface area contributed by atoms with Gasteiger partial charge in [-0.15, -0.1) is 0 Å². The highest BCUT2D eigenvalue weighted by molar-refractivity contribution is 6.23. The third-order valence-electron chi connectivity index (χ3n) is 0.576. The standard InChI is InChI=1S/C3H4Cl2O3/c1-3(5)6-2(4)7-8-3/h2H,1H3/t2-,3+/m0/s1. The van der Waals surface area contributed by atoms with E-state index in [4.69, 9.17) is 23.2 Å². The van der Waals surface area contributed by atoms with Crippen molar-refractivity contribution >= 4 is 23.2 Å². The SMILES string of the molecule is C[C@]1(Cl)OO[C@@H](Cl)O1. The number of ether oxygens (including phenoxy) is 1. The van der Waals surface area contributed by atoms with Gasteiger partial charge in [0.1, 0.15) is 0 Å². The van der Waals surface area contributed by atoms with Crippen LogP contribution in [0.15, 0.2) is 0 Å². The van der Waals surface area contributed by atoms with Crippen LogP contribution in [0.2, 0.25) is 0 Å². The van der Waals surface area contributed by atoms with Gasteiger partial charge in [-0.25, -0.2) is 0 Å². The van der Waals surface area contributed by atoms with Crippen molar-refractivity contribution in [3.05, 3.63) is 0 Å². The number of alkyl halides is 2. The first-order valence-corrected chi connectivity index (χ1v) is 2.77. The first kappa shape index (κ1) is 6.58. The zero-order valence-electron chi connectivity index (χ0n) is 4.06. The Balaban J connectivity index is 2.44. The Kier molecular flexibility index (Phi) is 1.65. The summed E-state index contributed by atoms with van der Waals surface area (Å²) in [6, 6.07) is 0. The molecule has 0 radical (unpaired) electrons. The highest BCUT2D eigenvalue weighted by Crippen LogP contribution is 2.29. The van der Waals surface area contributed by atoms with Crippen molar-refractivity contribution in [2.45, 2.75) is 17.9 Å². The van der Waals surface area contributed by atoms with Crippen LogP contribution in [0.5, 0.6) is 0 Å². The van der Waals surface area contributed by atoms with E-state index in [1.54, 1.807) is 0 Å². The Hall–Kier alpha value is 0.460. The van der Waals surface area contributed by atoms with E-state index >= 15 is 0 Å². The molecule has 0 spiro atoms. The lowest BCUT2D eigenvalue weighted by Crippen LogP contribution is -2.16. The summed E-state index contributed by atoms with van der Waals surface area (Å²) in [5, 5.41) is -1.22. The quantitative estimate of drug-likeness (QED) is 0.395. The van der Waals surface area contributed by atoms with Crippen LogP contribution in [0.4, 0.5) is 0 Å². The molecule has 0 amide bonds. The van der Waals surface area contributed by atoms with Gasteiger partial charge in [0.05, 0.1) is 0 Å². The third-order valence-corrected chi connectivity index (χ3v) is 0.890. The molecule has 0 aromatic rings. The molecule has 0 aromatic heterocycles. The third kappa shape index (κ3) is 1.47. The molecule has 1 heterocycles. The molecule has 0 saturated carbocycles. The molecule has 8 heavy (non-hydrogen) atoms. The van der Waals surface area contributed by atoms with Crippen molar-refractivity contribution in [2.24, 2.45) is 0 Å². The molecule has 0 unspecified atom stereocenters. The minimum atomic E-state index is -1.22. The topological polar surface area (TPSA) is 27.7 Å². The minimum Gasteiger partial charge on any atom is -0.289 e. The van der Waals surface area contributed by atoms with Crippen LogP contribution in [0, 0.1) is 0 Å². The zero-order valence-corrected chi connectivity index (χ0v) is 5.57. The van der Waals surface area contributed by atoms with Gasteiger partial charge in [0, 0.05) is 6.92 Å². The fourth-order valence-corrected chi connectivity index (χ4v) is 0.698. The molecule has 0 aromatic carbocycles. The highest BCUT2D eigenvalue weighted by Gasteiger charge is 2.36. The lowest BCUT2D eigenvalue weighted by atomic mass is 10.8. The van der Waals surface area contributed by atoms with Gasteiger partial charge in [-0.05, 0) is 0 Å². The smallest absolute Gasteiger partial charge is 0.278 e. The Bertz CT molecular complexity index is 94.5. The molecule has 1 fully saturated rings. The normalized spacial score (nSPS) is 47.6. The van der Waals surface area contributed by atoms with E-state index < -0.39 is 11.0 Å². The summed E-state index contributed by atoms with van der Waals surface area (Å²) in [5.41, 5.74) is 0. The molecule has 1 saturated heterocycles. The second kappa shape index (κ2) is 2.01. The Labute approximate surface area is 56.3 Å². The molecule has 2 atom stereocenters. The number of halogens is 2. The maximum atomic E-state index is 5.41. The van der Waals surface area contributed by atoms with Gasteiger partial charge in [0.2, 0.25) is 0 Å². The van der Waals surface area contributed by atoms with Gasteiger partial charge in [-0.1, -0.05) is 23.2 Å². The Morgan fingerprint density at radius 2 is 2.25 bits per heavy atom. The molecule has 48 valence electrons. The van der Waals surface area contributed by atoms with E-state index in [-0.39, 0.29) is 0 Å². The Morgan fingerprint density at radius 1 is 1.62 bits per heavy atom. The van der Waals surface area contributed by atoms with Crippen molar-refractivity contribution in [3.63, 3.8) is 0 Å². The lowest BCUT2D eigenvalue weighted by Gasteiger charge is -2.06. The predicted molar refractivity (Wildman–Crippen MR) is 27.2 cm³/mol. The van der Waals surface area contributed by atoms with Crippen LogP contribution in [0.1, 0.15) is 6.92 Å². The molecule has 1 aliphatic rings. The molecule has 1 aliphatic heterocycles. The van der Waals surface area contributed by atoms with Gasteiger partial charge < -0.3 is 0 Å². The van der Waals surface area contributed by atoms with Crippen LogP contribution in [-0.4, -0.2) is 11.0 Å². The van der Waals surface area contributed by atoms with Crippen LogP contribution in [0.3, 0.4) is 0 Å². The van der Waals surface area contributed by atoms with Crippen molar-refractivity contribution < 1.29 is 14.5 Å². The molecule has 0 bridgehead atoms. The Morgan fingerprint density at radius 3 is 2.38 bits per heavy atom. The van der Waals surface area contributed by atoms with Gasteiger partial charge in [0.25, 0.3) is 11.0 Å². The lowest BCUT2D eigenvalue weighted by molar-refractivity contribution is -0.293. The summed E-state index contributed by atoms with van der Waals surface area (Å²) in [4.78, 5) is 8.64. The summed E-state index contributed by atoms with van der Waals surface area (Å²) >= 11 is 10.7. The largest absolute Gasteiger partial charge is 0.289 e. The molecule has 0 N–H and O–H groups in total. The van der Waals surface area contributed by atoms with Crippen molar-refractivity contribution in [2.75, 3.05) is 0 Å². The first-order chi connectivity index (χ1) is 3.60. The zero-order chi connectivity index (χ0) is 6.20. The number of rotatable bonds is 0. The minimum absolute atomic E-state index is 0.891. The van der Waals surface area contributed by atoms with Gasteiger partial charge >= 0.3 is 0 Å². The number of hydrogen-bond acceptors (Lipinski definition) is 3. The molecular formula is C3H4Cl2O3. The summed E-state index contributed by atoms with van der Waals surface area (Å²) < 4.78 is 4.64. The van der Waals surface area contributed by atoms with Gasteiger partial charge in [-0.3, -0.25) is 4.74 Å². The highest BCUT2D eigenvalue weighted by atomic mass is 35.5. The van der Waals surface area contributed by atoms with Crippen LogP contribution in [-0.2, 0) is 14.5 Å². The summed E-state index contributed by atoms with van der Waals surface area (Å²) in [7, 11) is 0. The molecule has 5 heteroatoms. The van der Waals surface area contributed by atoms with Crippen molar-refractivity contribution in [1.82, 2.24) is 0 Å². The maximum absolute atomic E-state index is 5.41. The molecule has 1 rings (SSSR count). The van der Waals surface area contributed by atoms with E-state index in [0.717, 1.165) is 0 Å². The summed E-state index contributed by atoms with van der Waals surface area (Å²) in [5.74, 6) is -0.891. The van der Waals surface area contributed by atoms with Gasteiger partial charge in [0.15, 0.2) is 0 Å². The molecule has 0 aliphatic carbocycles. The summed E-state index contributed by atoms with van der Waals surface area (Å²) in [6.07, 6.45) is 0. The molecular weight excluding hydrogens is 155 g/mol. The van der Waals surface area contributed by atoms with E-state index in [0.29, 0.717) is 0 Å². The fourth-order valence-electron chi connectivity index (χ4n) is 0.329. The average Bonchev–Trinajstić information content (AvgIpc) is 1.82. The summed E-state index contributed by atoms with van der Waals surface area (Å²) in [6.45, 7) is 1.48. The van der Waals surface area contributed by atoms with E-state index in [1.807, 2.05) is 0 Å². The van der Waals surface area contributed by atoms with Crippen LogP contribution < -0.4 is 0 Å². The predicted octanol–water partition coefficient (Wildman–Crippen LogP) is 1.40. The first-order valence-electron chi connectivity index (χ1n) is 1.95. The number of hydrogen-bond donors (Lipinski definition) is 0. The monoisotopic (exact) mass is 158 g/mol. The van der Waals surface area contributed by atoms with E-state index in [9.17, 15) is 0 Å². The maximum Gasteiger partial charge on any atom is 0.278 e.